The predicted octanol–water partition coefficient (Wildman–Crippen LogP) is 2.39. The van der Waals surface area contributed by atoms with Gasteiger partial charge in [-0.25, -0.2) is 0 Å². The Morgan fingerprint density at radius 2 is 1.74 bits per heavy atom. The summed E-state index contributed by atoms with van der Waals surface area (Å²) in [4.78, 5) is 27.0. The van der Waals surface area contributed by atoms with E-state index in [-0.39, 0.29) is 24.2 Å². The maximum atomic E-state index is 12.7. The van der Waals surface area contributed by atoms with Crippen molar-refractivity contribution in [2.45, 2.75) is 12.5 Å². The molecule has 0 aromatic heterocycles. The highest BCUT2D eigenvalue weighted by Gasteiger charge is 2.30. The van der Waals surface area contributed by atoms with E-state index in [1.54, 1.807) is 36.1 Å². The van der Waals surface area contributed by atoms with Crippen molar-refractivity contribution in [3.05, 3.63) is 65.7 Å². The summed E-state index contributed by atoms with van der Waals surface area (Å²) in [5.74, 6) is -0.400. The zero-order valence-corrected chi connectivity index (χ0v) is 16.0. The fourth-order valence-corrected chi connectivity index (χ4v) is 2.86. The molecule has 3 rings (SSSR count). The fraction of sp³-hybridized carbons (Fsp3) is 0.300. The number of benzene rings is 2. The Kier molecular flexibility index (Phi) is 6.96. The van der Waals surface area contributed by atoms with Crippen LogP contribution in [0.2, 0.25) is 0 Å². The van der Waals surface area contributed by atoms with Crippen LogP contribution in [0.4, 0.5) is 5.69 Å². The van der Waals surface area contributed by atoms with Gasteiger partial charge in [0, 0.05) is 24.3 Å². The molecule has 27 heavy (non-hydrogen) atoms. The maximum Gasteiger partial charge on any atom is 0.254 e. The van der Waals surface area contributed by atoms with E-state index in [4.69, 9.17) is 10.5 Å². The number of ether oxygens (including phenoxy) is 1. The van der Waals surface area contributed by atoms with Crippen molar-refractivity contribution < 1.29 is 14.3 Å². The van der Waals surface area contributed by atoms with E-state index < -0.39 is 5.54 Å². The number of nitrogens with zero attached hydrogens (tertiary/aromatic N) is 1. The predicted molar refractivity (Wildman–Crippen MR) is 107 cm³/mol. The third kappa shape index (κ3) is 4.86. The summed E-state index contributed by atoms with van der Waals surface area (Å²) in [5.41, 5.74) is 6.86. The van der Waals surface area contributed by atoms with Crippen LogP contribution >= 0.6 is 12.4 Å². The molecule has 1 saturated heterocycles. The van der Waals surface area contributed by atoms with Crippen LogP contribution in [0.1, 0.15) is 22.8 Å². The molecule has 0 saturated carbocycles. The molecule has 3 N–H and O–H groups in total. The van der Waals surface area contributed by atoms with Crippen LogP contribution in [0.5, 0.6) is 0 Å². The number of nitrogens with one attached hydrogen (secondary N) is 1. The number of hydrogen-bond acceptors (Lipinski definition) is 4. The largest absolute Gasteiger partial charge is 0.378 e. The quantitative estimate of drug-likeness (QED) is 0.840. The van der Waals surface area contributed by atoms with E-state index in [0.29, 0.717) is 37.6 Å². The minimum atomic E-state index is -1.18. The molecule has 144 valence electrons. The summed E-state index contributed by atoms with van der Waals surface area (Å²) in [7, 11) is 0. The first-order chi connectivity index (χ1) is 12.5. The number of carbonyl (C=O) groups excluding carboxylic acids is 2. The van der Waals surface area contributed by atoms with Crippen molar-refractivity contribution in [3.63, 3.8) is 0 Å². The van der Waals surface area contributed by atoms with Gasteiger partial charge < -0.3 is 20.7 Å². The molecule has 1 fully saturated rings. The molecule has 2 aromatic rings. The minimum Gasteiger partial charge on any atom is -0.378 e. The highest BCUT2D eigenvalue weighted by atomic mass is 35.5. The Morgan fingerprint density at radius 3 is 2.41 bits per heavy atom. The van der Waals surface area contributed by atoms with E-state index in [0.717, 1.165) is 5.56 Å². The second-order valence-electron chi connectivity index (χ2n) is 6.51. The van der Waals surface area contributed by atoms with Crippen LogP contribution < -0.4 is 11.1 Å². The van der Waals surface area contributed by atoms with Gasteiger partial charge in [-0.15, -0.1) is 12.4 Å². The fourth-order valence-electron chi connectivity index (χ4n) is 2.86. The molecular formula is C20H24ClN3O3. The van der Waals surface area contributed by atoms with Crippen molar-refractivity contribution in [2.75, 3.05) is 31.6 Å². The smallest absolute Gasteiger partial charge is 0.254 e. The average Bonchev–Trinajstić information content (AvgIpc) is 2.69. The highest BCUT2D eigenvalue weighted by molar-refractivity contribution is 6.00. The summed E-state index contributed by atoms with van der Waals surface area (Å²) >= 11 is 0. The lowest BCUT2D eigenvalue weighted by molar-refractivity contribution is -0.120. The zero-order chi connectivity index (χ0) is 18.6. The van der Waals surface area contributed by atoms with Crippen LogP contribution in [0.3, 0.4) is 0 Å². The van der Waals surface area contributed by atoms with Crippen molar-refractivity contribution in [2.24, 2.45) is 5.73 Å². The lowest BCUT2D eigenvalue weighted by atomic mass is 9.92. The Morgan fingerprint density at radius 1 is 1.07 bits per heavy atom. The number of amides is 2. The molecule has 0 radical (unpaired) electrons. The van der Waals surface area contributed by atoms with Gasteiger partial charge in [0.15, 0.2) is 0 Å². The average molecular weight is 390 g/mol. The molecule has 0 aliphatic carbocycles. The highest BCUT2D eigenvalue weighted by Crippen LogP contribution is 2.21. The van der Waals surface area contributed by atoms with Crippen LogP contribution in [0, 0.1) is 0 Å². The van der Waals surface area contributed by atoms with Crippen molar-refractivity contribution in [1.82, 2.24) is 4.90 Å². The molecule has 7 heteroatoms. The van der Waals surface area contributed by atoms with E-state index in [1.165, 1.54) is 0 Å². The van der Waals surface area contributed by atoms with Crippen molar-refractivity contribution in [3.8, 4) is 0 Å². The molecule has 1 heterocycles. The third-order valence-electron chi connectivity index (χ3n) is 4.51. The molecule has 1 aliphatic rings. The molecule has 0 bridgehead atoms. The molecule has 6 nitrogen and oxygen atoms in total. The molecule has 2 amide bonds. The van der Waals surface area contributed by atoms with Gasteiger partial charge in [0.25, 0.3) is 5.91 Å². The second-order valence-corrected chi connectivity index (χ2v) is 6.51. The molecule has 1 atom stereocenters. The SMILES string of the molecule is CC(N)(C(=O)Nc1cccc(C(=O)N2CCOCC2)c1)c1ccccc1.Cl. The van der Waals surface area contributed by atoms with Gasteiger partial charge in [0.1, 0.15) is 5.54 Å². The molecule has 1 unspecified atom stereocenters. The lowest BCUT2D eigenvalue weighted by Gasteiger charge is -2.27. The Hall–Kier alpha value is -2.41. The van der Waals surface area contributed by atoms with Gasteiger partial charge in [-0.1, -0.05) is 36.4 Å². The van der Waals surface area contributed by atoms with Gasteiger partial charge in [-0.2, -0.15) is 0 Å². The first kappa shape index (κ1) is 20.9. The zero-order valence-electron chi connectivity index (χ0n) is 15.2. The topological polar surface area (TPSA) is 84.7 Å². The Balaban J connectivity index is 0.00000261. The summed E-state index contributed by atoms with van der Waals surface area (Å²) in [6, 6.07) is 16.1. The van der Waals surface area contributed by atoms with E-state index in [1.807, 2.05) is 30.3 Å². The molecule has 1 aliphatic heterocycles. The second kappa shape index (κ2) is 8.99. The molecule has 0 spiro atoms. The number of carbonyl (C=O) groups is 2. The summed E-state index contributed by atoms with van der Waals surface area (Å²) in [6.07, 6.45) is 0. The number of halogens is 1. The van der Waals surface area contributed by atoms with Crippen LogP contribution in [-0.2, 0) is 15.1 Å². The van der Waals surface area contributed by atoms with Gasteiger partial charge in [0.05, 0.1) is 13.2 Å². The Bertz CT molecular complexity index is 790. The number of nitrogens with two attached hydrogens (primary N) is 1. The van der Waals surface area contributed by atoms with Gasteiger partial charge in [0.2, 0.25) is 5.91 Å². The standard InChI is InChI=1S/C20H23N3O3.ClH/c1-20(21,16-7-3-2-4-8-16)19(25)22-17-9-5-6-15(14-17)18(24)23-10-12-26-13-11-23;/h2-9,14H,10-13,21H2,1H3,(H,22,25);1H. The van der Waals surface area contributed by atoms with E-state index in [2.05, 4.69) is 5.32 Å². The maximum absolute atomic E-state index is 12.7. The van der Waals surface area contributed by atoms with Crippen molar-refractivity contribution >= 4 is 29.9 Å². The first-order valence-electron chi connectivity index (χ1n) is 8.61. The number of anilines is 1. The van der Waals surface area contributed by atoms with Crippen LogP contribution in [0.25, 0.3) is 0 Å². The van der Waals surface area contributed by atoms with Gasteiger partial charge >= 0.3 is 0 Å². The van der Waals surface area contributed by atoms with Gasteiger partial charge in [-0.3, -0.25) is 9.59 Å². The number of hydrogen-bond donors (Lipinski definition) is 2. The van der Waals surface area contributed by atoms with E-state index >= 15 is 0 Å². The monoisotopic (exact) mass is 389 g/mol. The van der Waals surface area contributed by atoms with Crippen LogP contribution in [0.15, 0.2) is 54.6 Å². The Labute approximate surface area is 165 Å². The number of morpholine rings is 1. The van der Waals surface area contributed by atoms with Crippen molar-refractivity contribution in [1.29, 1.82) is 0 Å². The minimum absolute atomic E-state index is 0. The van der Waals surface area contributed by atoms with Crippen LogP contribution in [-0.4, -0.2) is 43.0 Å². The first-order valence-corrected chi connectivity index (χ1v) is 8.61. The molecule has 2 aromatic carbocycles. The van der Waals surface area contributed by atoms with E-state index in [9.17, 15) is 9.59 Å². The normalized spacial score (nSPS) is 16.0. The lowest BCUT2D eigenvalue weighted by Crippen LogP contribution is -2.45. The summed E-state index contributed by atoms with van der Waals surface area (Å²) in [5, 5.41) is 2.82. The summed E-state index contributed by atoms with van der Waals surface area (Å²) < 4.78 is 5.28. The summed E-state index contributed by atoms with van der Waals surface area (Å²) in [6.45, 7) is 3.91. The molecular weight excluding hydrogens is 366 g/mol. The third-order valence-corrected chi connectivity index (χ3v) is 4.51. The van der Waals surface area contributed by atoms with Gasteiger partial charge in [-0.05, 0) is 30.7 Å². The number of rotatable bonds is 4.